The first-order valence-corrected chi connectivity index (χ1v) is 4.74. The zero-order chi connectivity index (χ0) is 10.1. The lowest BCUT2D eigenvalue weighted by Crippen LogP contribution is -2.10. The van der Waals surface area contributed by atoms with E-state index in [4.69, 9.17) is 0 Å². The molecule has 5 heteroatoms. The largest absolute Gasteiger partial charge is 0.418 e. The van der Waals surface area contributed by atoms with Crippen LogP contribution in [0.4, 0.5) is 13.2 Å². The molecular weight excluding hydrogens is 294 g/mol. The van der Waals surface area contributed by atoms with Gasteiger partial charge in [-0.3, -0.25) is 4.98 Å². The fourth-order valence-electron chi connectivity index (χ4n) is 0.995. The number of hydrogen-bond donors (Lipinski definition) is 0. The van der Waals surface area contributed by atoms with Crippen LogP contribution in [0.1, 0.15) is 18.2 Å². The SMILES string of the molecule is CCc1ncc(I)cc1C(F)(F)F. The predicted molar refractivity (Wildman–Crippen MR) is 51.3 cm³/mol. The van der Waals surface area contributed by atoms with Gasteiger partial charge in [0.2, 0.25) is 0 Å². The number of rotatable bonds is 1. The van der Waals surface area contributed by atoms with Gasteiger partial charge in [-0.1, -0.05) is 6.92 Å². The molecule has 1 aromatic heterocycles. The smallest absolute Gasteiger partial charge is 0.260 e. The molecule has 0 unspecified atom stereocenters. The molecule has 0 atom stereocenters. The van der Waals surface area contributed by atoms with E-state index in [2.05, 4.69) is 4.98 Å². The Hall–Kier alpha value is -0.330. The number of halogens is 4. The Morgan fingerprint density at radius 1 is 1.46 bits per heavy atom. The molecule has 0 radical (unpaired) electrons. The van der Waals surface area contributed by atoms with E-state index in [1.807, 2.05) is 22.6 Å². The highest BCUT2D eigenvalue weighted by molar-refractivity contribution is 14.1. The molecule has 0 saturated carbocycles. The van der Waals surface area contributed by atoms with Crippen molar-refractivity contribution < 1.29 is 13.2 Å². The van der Waals surface area contributed by atoms with Gasteiger partial charge < -0.3 is 0 Å². The Bertz CT molecular complexity index is 309. The number of nitrogens with zero attached hydrogens (tertiary/aromatic N) is 1. The van der Waals surface area contributed by atoms with E-state index in [9.17, 15) is 13.2 Å². The number of hydrogen-bond acceptors (Lipinski definition) is 1. The molecule has 0 aliphatic rings. The molecule has 1 heterocycles. The summed E-state index contributed by atoms with van der Waals surface area (Å²) < 4.78 is 37.6. The molecule has 0 aliphatic carbocycles. The number of alkyl halides is 3. The molecule has 0 spiro atoms. The molecule has 0 amide bonds. The Kier molecular flexibility index (Phi) is 3.15. The van der Waals surface area contributed by atoms with Gasteiger partial charge in [-0.2, -0.15) is 13.2 Å². The van der Waals surface area contributed by atoms with E-state index in [1.54, 1.807) is 6.92 Å². The quantitative estimate of drug-likeness (QED) is 0.726. The highest BCUT2D eigenvalue weighted by Gasteiger charge is 2.33. The highest BCUT2D eigenvalue weighted by Crippen LogP contribution is 2.32. The fraction of sp³-hybridized carbons (Fsp3) is 0.375. The van der Waals surface area contributed by atoms with Gasteiger partial charge >= 0.3 is 6.18 Å². The topological polar surface area (TPSA) is 12.9 Å². The van der Waals surface area contributed by atoms with Crippen molar-refractivity contribution >= 4 is 22.6 Å². The molecule has 0 bridgehead atoms. The van der Waals surface area contributed by atoms with Gasteiger partial charge in [0.1, 0.15) is 0 Å². The maximum Gasteiger partial charge on any atom is 0.418 e. The van der Waals surface area contributed by atoms with Crippen molar-refractivity contribution in [2.24, 2.45) is 0 Å². The third-order valence-electron chi connectivity index (χ3n) is 1.58. The first kappa shape index (κ1) is 10.7. The maximum absolute atomic E-state index is 12.4. The second kappa shape index (κ2) is 3.81. The van der Waals surface area contributed by atoms with Crippen LogP contribution in [0.3, 0.4) is 0 Å². The summed E-state index contributed by atoms with van der Waals surface area (Å²) >= 11 is 1.82. The van der Waals surface area contributed by atoms with Crippen molar-refractivity contribution in [1.29, 1.82) is 0 Å². The fourth-order valence-corrected chi connectivity index (χ4v) is 1.45. The van der Waals surface area contributed by atoms with Gasteiger partial charge in [-0.05, 0) is 35.1 Å². The van der Waals surface area contributed by atoms with Crippen LogP contribution in [0.5, 0.6) is 0 Å². The summed E-state index contributed by atoms with van der Waals surface area (Å²) in [6, 6.07) is 1.12. The van der Waals surface area contributed by atoms with Gasteiger partial charge in [-0.25, -0.2) is 0 Å². The minimum Gasteiger partial charge on any atom is -0.260 e. The van der Waals surface area contributed by atoms with Gasteiger partial charge in [0.25, 0.3) is 0 Å². The standard InChI is InChI=1S/C8H7F3IN/c1-2-7-6(8(9,10)11)3-5(12)4-13-7/h3-4H,2H2,1H3. The first-order valence-electron chi connectivity index (χ1n) is 3.66. The summed E-state index contributed by atoms with van der Waals surface area (Å²) in [4.78, 5) is 3.74. The average molecular weight is 301 g/mol. The zero-order valence-electron chi connectivity index (χ0n) is 6.82. The van der Waals surface area contributed by atoms with Gasteiger partial charge in [0.15, 0.2) is 0 Å². The molecule has 0 fully saturated rings. The van der Waals surface area contributed by atoms with E-state index in [0.29, 0.717) is 9.99 Å². The summed E-state index contributed by atoms with van der Waals surface area (Å²) in [7, 11) is 0. The molecule has 0 saturated heterocycles. The predicted octanol–water partition coefficient (Wildman–Crippen LogP) is 3.27. The monoisotopic (exact) mass is 301 g/mol. The van der Waals surface area contributed by atoms with E-state index < -0.39 is 11.7 Å². The molecule has 0 aromatic carbocycles. The Balaban J connectivity index is 3.24. The Morgan fingerprint density at radius 2 is 2.08 bits per heavy atom. The van der Waals surface area contributed by atoms with Crippen LogP contribution in [0.2, 0.25) is 0 Å². The maximum atomic E-state index is 12.4. The van der Waals surface area contributed by atoms with Crippen LogP contribution in [0, 0.1) is 3.57 Å². The van der Waals surface area contributed by atoms with Crippen molar-refractivity contribution in [3.63, 3.8) is 0 Å². The van der Waals surface area contributed by atoms with Gasteiger partial charge in [-0.15, -0.1) is 0 Å². The van der Waals surface area contributed by atoms with Crippen molar-refractivity contribution in [2.75, 3.05) is 0 Å². The molecular formula is C8H7F3IN. The average Bonchev–Trinajstić information content (AvgIpc) is 2.03. The molecule has 1 rings (SSSR count). The van der Waals surface area contributed by atoms with Crippen molar-refractivity contribution in [3.05, 3.63) is 27.1 Å². The van der Waals surface area contributed by atoms with Gasteiger partial charge in [0, 0.05) is 9.77 Å². The third kappa shape index (κ3) is 2.55. The Morgan fingerprint density at radius 3 is 2.54 bits per heavy atom. The van der Waals surface area contributed by atoms with E-state index in [0.717, 1.165) is 6.07 Å². The first-order chi connectivity index (χ1) is 5.95. The van der Waals surface area contributed by atoms with Crippen molar-refractivity contribution in [2.45, 2.75) is 19.5 Å². The summed E-state index contributed by atoms with van der Waals surface area (Å²) in [5.41, 5.74) is -0.519. The zero-order valence-corrected chi connectivity index (χ0v) is 8.98. The highest BCUT2D eigenvalue weighted by atomic mass is 127. The molecule has 1 nitrogen and oxygen atoms in total. The van der Waals surface area contributed by atoms with E-state index in [1.165, 1.54) is 6.20 Å². The second-order valence-corrected chi connectivity index (χ2v) is 3.74. The molecule has 13 heavy (non-hydrogen) atoms. The summed E-state index contributed by atoms with van der Waals surface area (Å²) in [6.45, 7) is 1.66. The Labute approximate surface area is 87.5 Å². The number of aromatic nitrogens is 1. The second-order valence-electron chi connectivity index (χ2n) is 2.50. The number of pyridine rings is 1. The van der Waals surface area contributed by atoms with Crippen LogP contribution in [-0.4, -0.2) is 4.98 Å². The van der Waals surface area contributed by atoms with Crippen LogP contribution in [0.15, 0.2) is 12.3 Å². The van der Waals surface area contributed by atoms with Gasteiger partial charge in [0.05, 0.1) is 11.3 Å². The molecule has 0 aliphatic heterocycles. The van der Waals surface area contributed by atoms with Crippen molar-refractivity contribution in [3.8, 4) is 0 Å². The van der Waals surface area contributed by atoms with Crippen LogP contribution in [-0.2, 0) is 12.6 Å². The number of aryl methyl sites for hydroxylation is 1. The van der Waals surface area contributed by atoms with Crippen LogP contribution >= 0.6 is 22.6 Å². The summed E-state index contributed by atoms with van der Waals surface area (Å²) in [5.74, 6) is 0. The molecule has 1 aromatic rings. The minimum absolute atomic E-state index is 0.105. The normalized spacial score (nSPS) is 11.8. The summed E-state index contributed by atoms with van der Waals surface area (Å²) in [6.07, 6.45) is -2.56. The molecule has 0 N–H and O–H groups in total. The lowest BCUT2D eigenvalue weighted by molar-refractivity contribution is -0.138. The van der Waals surface area contributed by atoms with Crippen molar-refractivity contribution in [1.82, 2.24) is 4.98 Å². The molecule has 72 valence electrons. The minimum atomic E-state index is -4.29. The lowest BCUT2D eigenvalue weighted by atomic mass is 10.1. The third-order valence-corrected chi connectivity index (χ3v) is 2.17. The van der Waals surface area contributed by atoms with Crippen LogP contribution in [0.25, 0.3) is 0 Å². The van der Waals surface area contributed by atoms with E-state index in [-0.39, 0.29) is 5.69 Å². The van der Waals surface area contributed by atoms with Crippen LogP contribution < -0.4 is 0 Å². The summed E-state index contributed by atoms with van der Waals surface area (Å²) in [5, 5.41) is 0. The lowest BCUT2D eigenvalue weighted by Gasteiger charge is -2.10. The van der Waals surface area contributed by atoms with E-state index >= 15 is 0 Å².